The van der Waals surface area contributed by atoms with Crippen molar-refractivity contribution < 1.29 is 4.79 Å². The Balaban J connectivity index is 2.50. The minimum Gasteiger partial charge on any atom is -0.339 e. The van der Waals surface area contributed by atoms with Gasteiger partial charge in [-0.1, -0.05) is 6.58 Å². The van der Waals surface area contributed by atoms with Gasteiger partial charge in [0.25, 0.3) is 0 Å². The highest BCUT2D eigenvalue weighted by Crippen LogP contribution is 2.20. The highest BCUT2D eigenvalue weighted by Gasteiger charge is 2.21. The second-order valence-electron chi connectivity index (χ2n) is 4.08. The molecule has 3 nitrogen and oxygen atoms in total. The molecule has 1 amide bonds. The first-order valence-corrected chi connectivity index (χ1v) is 5.30. The van der Waals surface area contributed by atoms with Crippen LogP contribution >= 0.6 is 0 Å². The molecule has 0 saturated heterocycles. The topological polar surface area (TPSA) is 46.3 Å². The van der Waals surface area contributed by atoms with E-state index in [4.69, 9.17) is 5.73 Å². The lowest BCUT2D eigenvalue weighted by molar-refractivity contribution is -0.127. The minimum atomic E-state index is 0.0190. The van der Waals surface area contributed by atoms with Crippen molar-refractivity contribution >= 4 is 5.91 Å². The molecule has 0 aromatic rings. The fourth-order valence-electron chi connectivity index (χ4n) is 2.02. The highest BCUT2D eigenvalue weighted by molar-refractivity contribution is 5.86. The van der Waals surface area contributed by atoms with Gasteiger partial charge in [-0.2, -0.15) is 0 Å². The summed E-state index contributed by atoms with van der Waals surface area (Å²) in [4.78, 5) is 13.2. The summed E-state index contributed by atoms with van der Waals surface area (Å²) in [5, 5.41) is 0. The standard InChI is InChI=1S/C11H20N2O/c1-3-11(14)13(2)10-6-4-5-9(12)7-8-10/h3,9-10H,1,4-8,12H2,2H3. The number of rotatable bonds is 2. The summed E-state index contributed by atoms with van der Waals surface area (Å²) < 4.78 is 0. The SMILES string of the molecule is C=CC(=O)N(C)C1CCCC(N)CC1. The van der Waals surface area contributed by atoms with Crippen LogP contribution in [0.1, 0.15) is 32.1 Å². The second kappa shape index (κ2) is 5.15. The highest BCUT2D eigenvalue weighted by atomic mass is 16.2. The van der Waals surface area contributed by atoms with Crippen molar-refractivity contribution in [2.75, 3.05) is 7.05 Å². The van der Waals surface area contributed by atoms with E-state index in [2.05, 4.69) is 6.58 Å². The Morgan fingerprint density at radius 2 is 2.14 bits per heavy atom. The predicted octanol–water partition coefficient (Wildman–Crippen LogP) is 1.29. The number of hydrogen-bond donors (Lipinski definition) is 1. The molecule has 14 heavy (non-hydrogen) atoms. The third kappa shape index (κ3) is 2.84. The second-order valence-corrected chi connectivity index (χ2v) is 4.08. The fourth-order valence-corrected chi connectivity index (χ4v) is 2.02. The van der Waals surface area contributed by atoms with Gasteiger partial charge in [-0.3, -0.25) is 4.79 Å². The van der Waals surface area contributed by atoms with Gasteiger partial charge in [-0.05, 0) is 38.2 Å². The summed E-state index contributed by atoms with van der Waals surface area (Å²) in [7, 11) is 1.85. The number of hydrogen-bond acceptors (Lipinski definition) is 2. The van der Waals surface area contributed by atoms with Crippen molar-refractivity contribution in [3.63, 3.8) is 0 Å². The van der Waals surface area contributed by atoms with Crippen LogP contribution in [0.4, 0.5) is 0 Å². The van der Waals surface area contributed by atoms with E-state index in [1.54, 1.807) is 4.90 Å². The molecule has 0 heterocycles. The number of carbonyl (C=O) groups is 1. The molecule has 0 aromatic heterocycles. The lowest BCUT2D eigenvalue weighted by Crippen LogP contribution is -2.35. The normalized spacial score (nSPS) is 27.9. The van der Waals surface area contributed by atoms with E-state index < -0.39 is 0 Å². The van der Waals surface area contributed by atoms with Crippen LogP contribution in [0.2, 0.25) is 0 Å². The van der Waals surface area contributed by atoms with Crippen LogP contribution in [0.15, 0.2) is 12.7 Å². The number of carbonyl (C=O) groups excluding carboxylic acids is 1. The predicted molar refractivity (Wildman–Crippen MR) is 57.8 cm³/mol. The summed E-state index contributed by atoms with van der Waals surface area (Å²) in [6.45, 7) is 3.50. The zero-order valence-corrected chi connectivity index (χ0v) is 8.91. The van der Waals surface area contributed by atoms with Crippen LogP contribution in [0.25, 0.3) is 0 Å². The first kappa shape index (κ1) is 11.2. The molecule has 0 aromatic carbocycles. The van der Waals surface area contributed by atoms with Crippen molar-refractivity contribution in [1.29, 1.82) is 0 Å². The van der Waals surface area contributed by atoms with Gasteiger partial charge >= 0.3 is 0 Å². The van der Waals surface area contributed by atoms with Gasteiger partial charge in [0.15, 0.2) is 0 Å². The maximum Gasteiger partial charge on any atom is 0.245 e. The van der Waals surface area contributed by atoms with Crippen molar-refractivity contribution in [3.8, 4) is 0 Å². The molecule has 0 spiro atoms. The maximum atomic E-state index is 11.4. The molecular formula is C11H20N2O. The molecule has 2 unspecified atom stereocenters. The fraction of sp³-hybridized carbons (Fsp3) is 0.727. The van der Waals surface area contributed by atoms with E-state index in [0.29, 0.717) is 12.1 Å². The van der Waals surface area contributed by atoms with Crippen molar-refractivity contribution in [3.05, 3.63) is 12.7 Å². The van der Waals surface area contributed by atoms with Crippen LogP contribution in [-0.2, 0) is 4.79 Å². The van der Waals surface area contributed by atoms with Gasteiger partial charge in [0.05, 0.1) is 0 Å². The number of nitrogens with two attached hydrogens (primary N) is 1. The summed E-state index contributed by atoms with van der Waals surface area (Å²) in [6, 6.07) is 0.682. The molecule has 0 bridgehead atoms. The Kier molecular flexibility index (Phi) is 4.14. The summed E-state index contributed by atoms with van der Waals surface area (Å²) >= 11 is 0. The van der Waals surface area contributed by atoms with Crippen LogP contribution in [0, 0.1) is 0 Å². The molecule has 0 aliphatic heterocycles. The Morgan fingerprint density at radius 3 is 2.79 bits per heavy atom. The Hall–Kier alpha value is -0.830. The molecule has 2 N–H and O–H groups in total. The van der Waals surface area contributed by atoms with E-state index in [1.165, 1.54) is 6.08 Å². The average Bonchev–Trinajstić information content (AvgIpc) is 2.40. The molecule has 1 fully saturated rings. The smallest absolute Gasteiger partial charge is 0.245 e. The van der Waals surface area contributed by atoms with Crippen LogP contribution in [0.3, 0.4) is 0 Å². The molecule has 2 atom stereocenters. The van der Waals surface area contributed by atoms with Gasteiger partial charge in [0, 0.05) is 19.1 Å². The number of likely N-dealkylation sites (N-methyl/N-ethyl adjacent to an activating group) is 1. The van der Waals surface area contributed by atoms with E-state index in [1.807, 2.05) is 7.05 Å². The summed E-state index contributed by atoms with van der Waals surface area (Å²) in [5.74, 6) is 0.0190. The van der Waals surface area contributed by atoms with Gasteiger partial charge in [0.2, 0.25) is 5.91 Å². The van der Waals surface area contributed by atoms with Gasteiger partial charge in [0.1, 0.15) is 0 Å². The van der Waals surface area contributed by atoms with E-state index >= 15 is 0 Å². The van der Waals surface area contributed by atoms with E-state index in [-0.39, 0.29) is 5.91 Å². The Labute approximate surface area is 86.0 Å². The van der Waals surface area contributed by atoms with Crippen molar-refractivity contribution in [2.24, 2.45) is 5.73 Å². The molecule has 3 heteroatoms. The summed E-state index contributed by atoms with van der Waals surface area (Å²) in [5.41, 5.74) is 5.88. The zero-order valence-electron chi connectivity index (χ0n) is 8.91. The third-order valence-electron chi connectivity index (χ3n) is 3.05. The Morgan fingerprint density at radius 1 is 1.43 bits per heavy atom. The molecule has 80 valence electrons. The van der Waals surface area contributed by atoms with Crippen molar-refractivity contribution in [2.45, 2.75) is 44.2 Å². The number of nitrogens with zero attached hydrogens (tertiary/aromatic N) is 1. The molecule has 1 aliphatic carbocycles. The minimum absolute atomic E-state index is 0.0190. The monoisotopic (exact) mass is 196 g/mol. The van der Waals surface area contributed by atoms with E-state index in [0.717, 1.165) is 32.1 Å². The third-order valence-corrected chi connectivity index (χ3v) is 3.05. The van der Waals surface area contributed by atoms with Crippen LogP contribution < -0.4 is 5.73 Å². The quantitative estimate of drug-likeness (QED) is 0.534. The maximum absolute atomic E-state index is 11.4. The zero-order chi connectivity index (χ0) is 10.6. The van der Waals surface area contributed by atoms with Gasteiger partial charge < -0.3 is 10.6 Å². The first-order valence-electron chi connectivity index (χ1n) is 5.30. The molecule has 1 rings (SSSR count). The van der Waals surface area contributed by atoms with E-state index in [9.17, 15) is 4.79 Å². The van der Waals surface area contributed by atoms with Crippen molar-refractivity contribution in [1.82, 2.24) is 4.90 Å². The number of amides is 1. The summed E-state index contributed by atoms with van der Waals surface area (Å²) in [6.07, 6.45) is 6.72. The molecular weight excluding hydrogens is 176 g/mol. The largest absolute Gasteiger partial charge is 0.339 e. The molecule has 0 radical (unpaired) electrons. The lowest BCUT2D eigenvalue weighted by Gasteiger charge is -2.26. The van der Waals surface area contributed by atoms with Crippen LogP contribution in [-0.4, -0.2) is 29.9 Å². The Bertz CT molecular complexity index is 215. The molecule has 1 saturated carbocycles. The molecule has 1 aliphatic rings. The van der Waals surface area contributed by atoms with Crippen LogP contribution in [0.5, 0.6) is 0 Å². The lowest BCUT2D eigenvalue weighted by atomic mass is 10.1. The first-order chi connectivity index (χ1) is 6.65. The average molecular weight is 196 g/mol. The van der Waals surface area contributed by atoms with Gasteiger partial charge in [-0.15, -0.1) is 0 Å². The van der Waals surface area contributed by atoms with Gasteiger partial charge in [-0.25, -0.2) is 0 Å².